The zero-order valence-electron chi connectivity index (χ0n) is 18.4. The molecule has 170 valence electrons. The Kier molecular flexibility index (Phi) is 13.6. The van der Waals surface area contributed by atoms with Crippen LogP contribution >= 0.6 is 53.0 Å². The van der Waals surface area contributed by atoms with Crippen LogP contribution in [0.1, 0.15) is 22.3 Å². The molecule has 0 N–H and O–H groups in total. The Morgan fingerprint density at radius 3 is 0.818 bits per heavy atom. The lowest BCUT2D eigenvalue weighted by atomic mass is 10.2. The summed E-state index contributed by atoms with van der Waals surface area (Å²) < 4.78 is 0. The molecule has 0 aliphatic heterocycles. The minimum atomic E-state index is 1.08. The van der Waals surface area contributed by atoms with E-state index in [1.807, 2.05) is 53.0 Å². The summed E-state index contributed by atoms with van der Waals surface area (Å²) in [6.45, 7) is 0. The van der Waals surface area contributed by atoms with Crippen LogP contribution < -0.4 is 0 Å². The molecule has 0 spiro atoms. The van der Waals surface area contributed by atoms with Gasteiger partial charge in [-0.25, -0.2) is 0 Å². The van der Waals surface area contributed by atoms with Crippen molar-refractivity contribution < 1.29 is 0 Å². The van der Waals surface area contributed by atoms with Crippen molar-refractivity contribution in [1.82, 2.24) is 0 Å². The number of hydrogen-bond donors (Lipinski definition) is 0. The summed E-state index contributed by atoms with van der Waals surface area (Å²) in [5, 5.41) is 0. The highest BCUT2D eigenvalue weighted by atomic mass is 33.5. The molecule has 0 aliphatic rings. The van der Waals surface area contributed by atoms with Gasteiger partial charge in [0.05, 0.1) is 0 Å². The molecule has 0 amide bonds. The smallest absolute Gasteiger partial charge is 0.0296 e. The normalized spacial score (nSPS) is 10.3. The van der Waals surface area contributed by atoms with E-state index in [0.29, 0.717) is 0 Å². The van der Waals surface area contributed by atoms with Gasteiger partial charge in [0.15, 0.2) is 0 Å². The largest absolute Gasteiger partial charge is 0.0890 e. The average molecular weight is 525 g/mol. The van der Waals surface area contributed by atoms with Gasteiger partial charge in [-0.05, 0) is 32.1 Å². The molecule has 4 aromatic rings. The monoisotopic (exact) mass is 524 g/mol. The second kappa shape index (κ2) is 17.1. The van der Waals surface area contributed by atoms with Crippen LogP contribution in [0.4, 0.5) is 0 Å². The predicted octanol–water partition coefficient (Wildman–Crippen LogP) is 10.2. The highest BCUT2D eigenvalue weighted by molar-refractivity contribution is 9.09. The molecular formula is C28H28S5. The highest BCUT2D eigenvalue weighted by Gasteiger charge is 1.96. The van der Waals surface area contributed by atoms with Gasteiger partial charge in [0, 0.05) is 23.0 Å². The van der Waals surface area contributed by atoms with Crippen LogP contribution in [0.15, 0.2) is 121 Å². The Morgan fingerprint density at radius 1 is 0.303 bits per heavy atom. The standard InChI is InChI=1S/C14H14S3.C14H14S2/c1-3-7-13(8-4-1)11-15-17-16-12-14-9-5-2-6-10-14;1-3-7-13(8-4-1)11-15-16-12-14-9-5-2-6-10-14/h1-10H,11-12H2;1-10H,11-12H2. The van der Waals surface area contributed by atoms with E-state index in [-0.39, 0.29) is 0 Å². The fourth-order valence-electron chi connectivity index (χ4n) is 2.73. The van der Waals surface area contributed by atoms with E-state index in [2.05, 4.69) is 121 Å². The van der Waals surface area contributed by atoms with Gasteiger partial charge < -0.3 is 0 Å². The van der Waals surface area contributed by atoms with Crippen LogP contribution in [-0.2, 0) is 23.0 Å². The van der Waals surface area contributed by atoms with Gasteiger partial charge in [-0.15, -0.1) is 0 Å². The van der Waals surface area contributed by atoms with Crippen LogP contribution in [-0.4, -0.2) is 0 Å². The quantitative estimate of drug-likeness (QED) is 0.141. The van der Waals surface area contributed by atoms with Gasteiger partial charge in [0.1, 0.15) is 0 Å². The molecule has 0 bridgehead atoms. The molecule has 0 saturated carbocycles. The molecule has 0 aromatic heterocycles. The summed E-state index contributed by atoms with van der Waals surface area (Å²) in [6.07, 6.45) is 0. The van der Waals surface area contributed by atoms with E-state index in [1.54, 1.807) is 0 Å². The Labute approximate surface area is 218 Å². The summed E-state index contributed by atoms with van der Waals surface area (Å²) >= 11 is 0. The average Bonchev–Trinajstić information content (AvgIpc) is 2.89. The summed E-state index contributed by atoms with van der Waals surface area (Å²) in [7, 11) is 9.52. The zero-order valence-corrected chi connectivity index (χ0v) is 22.5. The lowest BCUT2D eigenvalue weighted by molar-refractivity contribution is 1.42. The van der Waals surface area contributed by atoms with Gasteiger partial charge >= 0.3 is 0 Å². The van der Waals surface area contributed by atoms with Gasteiger partial charge in [-0.1, -0.05) is 165 Å². The maximum atomic E-state index is 2.18. The lowest BCUT2D eigenvalue weighted by Gasteiger charge is -2.01. The van der Waals surface area contributed by atoms with Crippen LogP contribution in [0.3, 0.4) is 0 Å². The van der Waals surface area contributed by atoms with Gasteiger partial charge in [0.2, 0.25) is 0 Å². The van der Waals surface area contributed by atoms with Crippen molar-refractivity contribution >= 4 is 53.0 Å². The second-order valence-electron chi connectivity index (χ2n) is 7.06. The zero-order chi connectivity index (χ0) is 22.8. The maximum Gasteiger partial charge on any atom is 0.0296 e. The number of hydrogen-bond acceptors (Lipinski definition) is 5. The van der Waals surface area contributed by atoms with Crippen molar-refractivity contribution in [2.45, 2.75) is 23.0 Å². The topological polar surface area (TPSA) is 0 Å². The Balaban J connectivity index is 0.000000186. The van der Waals surface area contributed by atoms with Crippen molar-refractivity contribution in [2.75, 3.05) is 0 Å². The van der Waals surface area contributed by atoms with Crippen LogP contribution in [0.5, 0.6) is 0 Å². The van der Waals surface area contributed by atoms with Crippen molar-refractivity contribution in [3.63, 3.8) is 0 Å². The van der Waals surface area contributed by atoms with Gasteiger partial charge in [0.25, 0.3) is 0 Å². The number of benzene rings is 4. The Morgan fingerprint density at radius 2 is 0.545 bits per heavy atom. The maximum absolute atomic E-state index is 2.18. The summed E-state index contributed by atoms with van der Waals surface area (Å²) in [5.74, 6) is 4.32. The molecule has 0 fully saturated rings. The molecule has 0 saturated heterocycles. The number of rotatable bonds is 11. The summed E-state index contributed by atoms with van der Waals surface area (Å²) in [4.78, 5) is 0. The molecule has 0 nitrogen and oxygen atoms in total. The van der Waals surface area contributed by atoms with Crippen molar-refractivity contribution in [3.8, 4) is 0 Å². The fourth-order valence-corrected chi connectivity index (χ4v) is 8.48. The third-order valence-corrected chi connectivity index (χ3v) is 10.8. The van der Waals surface area contributed by atoms with E-state index >= 15 is 0 Å². The second-order valence-corrected chi connectivity index (χ2v) is 13.8. The van der Waals surface area contributed by atoms with Crippen LogP contribution in [0.25, 0.3) is 0 Å². The van der Waals surface area contributed by atoms with Crippen molar-refractivity contribution in [3.05, 3.63) is 144 Å². The third kappa shape index (κ3) is 12.1. The van der Waals surface area contributed by atoms with Crippen molar-refractivity contribution in [1.29, 1.82) is 0 Å². The molecule has 4 aromatic carbocycles. The predicted molar refractivity (Wildman–Crippen MR) is 159 cm³/mol. The lowest BCUT2D eigenvalue weighted by Crippen LogP contribution is -1.78. The van der Waals surface area contributed by atoms with E-state index in [0.717, 1.165) is 23.0 Å². The third-order valence-electron chi connectivity index (χ3n) is 4.45. The van der Waals surface area contributed by atoms with Gasteiger partial charge in [-0.2, -0.15) is 0 Å². The minimum Gasteiger partial charge on any atom is -0.0890 e. The fraction of sp³-hybridized carbons (Fsp3) is 0.143. The van der Waals surface area contributed by atoms with E-state index < -0.39 is 0 Å². The van der Waals surface area contributed by atoms with E-state index in [9.17, 15) is 0 Å². The SMILES string of the molecule is c1ccc(CSSCc2ccccc2)cc1.c1ccc(CSSSCc2ccccc2)cc1. The molecule has 0 atom stereocenters. The molecule has 0 unspecified atom stereocenters. The molecule has 4 rings (SSSR count). The van der Waals surface area contributed by atoms with Crippen molar-refractivity contribution in [2.24, 2.45) is 0 Å². The first-order chi connectivity index (χ1) is 16.4. The Bertz CT molecular complexity index is 897. The van der Waals surface area contributed by atoms with Crippen LogP contribution in [0.2, 0.25) is 0 Å². The van der Waals surface area contributed by atoms with Crippen LogP contribution in [0, 0.1) is 0 Å². The first-order valence-corrected chi connectivity index (χ1v) is 17.0. The Hall–Kier alpha value is -1.37. The highest BCUT2D eigenvalue weighted by Crippen LogP contribution is 2.38. The molecule has 33 heavy (non-hydrogen) atoms. The molecule has 0 radical (unpaired) electrons. The summed E-state index contributed by atoms with van der Waals surface area (Å²) in [6, 6.07) is 42.4. The molecule has 5 heteroatoms. The van der Waals surface area contributed by atoms with E-state index in [4.69, 9.17) is 0 Å². The van der Waals surface area contributed by atoms with E-state index in [1.165, 1.54) is 22.3 Å². The molecule has 0 aliphatic carbocycles. The first-order valence-electron chi connectivity index (χ1n) is 10.7. The molecule has 0 heterocycles. The minimum absolute atomic E-state index is 1.08. The molecular weight excluding hydrogens is 497 g/mol. The summed E-state index contributed by atoms with van der Waals surface area (Å²) in [5.41, 5.74) is 5.58. The van der Waals surface area contributed by atoms with Gasteiger partial charge in [-0.3, -0.25) is 0 Å². The first kappa shape index (κ1) is 26.2.